The molecule has 2 aliphatic carbocycles. The van der Waals surface area contributed by atoms with Gasteiger partial charge in [-0.2, -0.15) is 0 Å². The predicted molar refractivity (Wildman–Crippen MR) is 73.9 cm³/mol. The number of ether oxygens (including phenoxy) is 1. The number of benzene rings is 1. The van der Waals surface area contributed by atoms with Crippen LogP contribution in [0.4, 0.5) is 0 Å². The van der Waals surface area contributed by atoms with Crippen molar-refractivity contribution in [1.82, 2.24) is 0 Å². The Bertz CT molecular complexity index is 544. The largest absolute Gasteiger partial charge is 0.465 e. The van der Waals surface area contributed by atoms with Crippen LogP contribution in [0.1, 0.15) is 18.4 Å². The molecule has 18 heavy (non-hydrogen) atoms. The normalized spacial score (nSPS) is 17.4. The summed E-state index contributed by atoms with van der Waals surface area (Å²) < 4.78 is 5.97. The molecule has 90 valence electrons. The first kappa shape index (κ1) is 11.1. The Balaban J connectivity index is 1.74. The molecule has 1 aromatic carbocycles. The van der Waals surface area contributed by atoms with Gasteiger partial charge in [-0.25, -0.2) is 0 Å². The van der Waals surface area contributed by atoms with Gasteiger partial charge < -0.3 is 4.74 Å². The van der Waals surface area contributed by atoms with Gasteiger partial charge in [0.15, 0.2) is 0 Å². The fraction of sp³-hybridized carbons (Fsp3) is 0.176. The van der Waals surface area contributed by atoms with Crippen LogP contribution in [-0.4, -0.2) is 0 Å². The molecule has 0 N–H and O–H groups in total. The second kappa shape index (κ2) is 5.09. The molecule has 0 unspecified atom stereocenters. The molecule has 0 heterocycles. The summed E-state index contributed by atoms with van der Waals surface area (Å²) in [7, 11) is 0. The van der Waals surface area contributed by atoms with Gasteiger partial charge in [-0.05, 0) is 17.2 Å². The molecule has 0 atom stereocenters. The zero-order chi connectivity index (χ0) is 12.2. The van der Waals surface area contributed by atoms with Crippen LogP contribution in [0.5, 0.6) is 0 Å². The third-order valence-electron chi connectivity index (χ3n) is 3.21. The highest BCUT2D eigenvalue weighted by Gasteiger charge is 2.13. The van der Waals surface area contributed by atoms with E-state index >= 15 is 0 Å². The van der Waals surface area contributed by atoms with E-state index < -0.39 is 0 Å². The molecule has 0 amide bonds. The standard InChI is InChI=1S/C17H16O/c1-2-7-14(8-3-1)13-15-9-6-12-17(15)18-16-10-4-5-11-16/h1-10H,11-13H2. The Morgan fingerprint density at radius 2 is 1.89 bits per heavy atom. The fourth-order valence-corrected chi connectivity index (χ4v) is 2.27. The van der Waals surface area contributed by atoms with Gasteiger partial charge in [0.25, 0.3) is 0 Å². The Hall–Kier alpha value is -2.02. The topological polar surface area (TPSA) is 9.23 Å². The minimum Gasteiger partial charge on any atom is -0.465 e. The molecule has 0 radical (unpaired) electrons. The molecule has 0 aromatic heterocycles. The lowest BCUT2D eigenvalue weighted by molar-refractivity contribution is 0.292. The molecular weight excluding hydrogens is 220 g/mol. The first-order valence-electron chi connectivity index (χ1n) is 6.38. The minimum absolute atomic E-state index is 0.916. The molecular formula is C17H16O. The molecule has 1 nitrogen and oxygen atoms in total. The van der Waals surface area contributed by atoms with E-state index in [1.54, 1.807) is 0 Å². The fourth-order valence-electron chi connectivity index (χ4n) is 2.27. The van der Waals surface area contributed by atoms with Crippen molar-refractivity contribution in [2.75, 3.05) is 0 Å². The van der Waals surface area contributed by atoms with Crippen molar-refractivity contribution in [2.45, 2.75) is 19.3 Å². The van der Waals surface area contributed by atoms with Crippen molar-refractivity contribution >= 4 is 0 Å². The maximum absolute atomic E-state index is 5.97. The smallest absolute Gasteiger partial charge is 0.111 e. The zero-order valence-electron chi connectivity index (χ0n) is 10.3. The average Bonchev–Trinajstić information content (AvgIpc) is 3.04. The molecule has 3 rings (SSSR count). The van der Waals surface area contributed by atoms with E-state index in [2.05, 4.69) is 54.6 Å². The molecule has 1 aromatic rings. The van der Waals surface area contributed by atoms with Crippen LogP contribution >= 0.6 is 0 Å². The number of allylic oxidation sites excluding steroid dienone is 6. The number of rotatable bonds is 4. The third-order valence-corrected chi connectivity index (χ3v) is 3.21. The van der Waals surface area contributed by atoms with Gasteiger partial charge in [-0.15, -0.1) is 0 Å². The summed E-state index contributed by atoms with van der Waals surface area (Å²) in [6.45, 7) is 0. The van der Waals surface area contributed by atoms with Crippen molar-refractivity contribution in [1.29, 1.82) is 0 Å². The minimum atomic E-state index is 0.916. The molecule has 1 heteroatoms. The van der Waals surface area contributed by atoms with E-state index in [0.29, 0.717) is 0 Å². The van der Waals surface area contributed by atoms with E-state index in [1.165, 1.54) is 11.1 Å². The summed E-state index contributed by atoms with van der Waals surface area (Å²) >= 11 is 0. The second-order valence-electron chi connectivity index (χ2n) is 4.58. The molecule has 0 bridgehead atoms. The average molecular weight is 236 g/mol. The Morgan fingerprint density at radius 1 is 1.00 bits per heavy atom. The highest BCUT2D eigenvalue weighted by Crippen LogP contribution is 2.27. The van der Waals surface area contributed by atoms with E-state index in [0.717, 1.165) is 30.8 Å². The lowest BCUT2D eigenvalue weighted by Gasteiger charge is -2.10. The Labute approximate surface area is 108 Å². The summed E-state index contributed by atoms with van der Waals surface area (Å²) in [5.41, 5.74) is 2.63. The van der Waals surface area contributed by atoms with Crippen molar-refractivity contribution in [2.24, 2.45) is 0 Å². The molecule has 0 spiro atoms. The summed E-state index contributed by atoms with van der Waals surface area (Å²) in [6.07, 6.45) is 13.4. The highest BCUT2D eigenvalue weighted by atomic mass is 16.5. The van der Waals surface area contributed by atoms with Gasteiger partial charge >= 0.3 is 0 Å². The van der Waals surface area contributed by atoms with Crippen molar-refractivity contribution in [3.05, 3.63) is 83.4 Å². The third kappa shape index (κ3) is 2.45. The highest BCUT2D eigenvalue weighted by molar-refractivity contribution is 5.36. The second-order valence-corrected chi connectivity index (χ2v) is 4.58. The summed E-state index contributed by atoms with van der Waals surface area (Å²) in [5.74, 6) is 2.16. The Kier molecular flexibility index (Phi) is 3.14. The SMILES string of the molecule is C1=CCC(OC2=C(Cc3ccccc3)C=CC2)=C1. The van der Waals surface area contributed by atoms with Crippen molar-refractivity contribution < 1.29 is 4.74 Å². The maximum Gasteiger partial charge on any atom is 0.111 e. The summed E-state index contributed by atoms with van der Waals surface area (Å²) in [4.78, 5) is 0. The maximum atomic E-state index is 5.97. The van der Waals surface area contributed by atoms with Gasteiger partial charge in [0.05, 0.1) is 0 Å². The lowest BCUT2D eigenvalue weighted by atomic mass is 10.1. The lowest BCUT2D eigenvalue weighted by Crippen LogP contribution is -1.95. The predicted octanol–water partition coefficient (Wildman–Crippen LogP) is 4.30. The van der Waals surface area contributed by atoms with E-state index in [4.69, 9.17) is 4.74 Å². The van der Waals surface area contributed by atoms with Gasteiger partial charge in [0, 0.05) is 19.3 Å². The van der Waals surface area contributed by atoms with Gasteiger partial charge in [0.2, 0.25) is 0 Å². The van der Waals surface area contributed by atoms with E-state index in [1.807, 2.05) is 6.08 Å². The van der Waals surface area contributed by atoms with Crippen LogP contribution < -0.4 is 0 Å². The number of hydrogen-bond donors (Lipinski definition) is 0. The van der Waals surface area contributed by atoms with Crippen LogP contribution in [0.15, 0.2) is 77.8 Å². The monoisotopic (exact) mass is 236 g/mol. The zero-order valence-corrected chi connectivity index (χ0v) is 10.3. The first-order valence-corrected chi connectivity index (χ1v) is 6.38. The van der Waals surface area contributed by atoms with Crippen molar-refractivity contribution in [3.63, 3.8) is 0 Å². The van der Waals surface area contributed by atoms with Gasteiger partial charge in [-0.3, -0.25) is 0 Å². The van der Waals surface area contributed by atoms with Crippen LogP contribution in [0.2, 0.25) is 0 Å². The van der Waals surface area contributed by atoms with Crippen LogP contribution in [0.25, 0.3) is 0 Å². The molecule has 0 fully saturated rings. The van der Waals surface area contributed by atoms with E-state index in [9.17, 15) is 0 Å². The molecule has 0 saturated heterocycles. The van der Waals surface area contributed by atoms with Gasteiger partial charge in [0.1, 0.15) is 11.5 Å². The molecule has 2 aliphatic rings. The summed E-state index contributed by atoms with van der Waals surface area (Å²) in [5, 5.41) is 0. The van der Waals surface area contributed by atoms with Crippen LogP contribution in [0.3, 0.4) is 0 Å². The molecule has 0 aliphatic heterocycles. The van der Waals surface area contributed by atoms with Gasteiger partial charge in [-0.1, -0.05) is 54.6 Å². The van der Waals surface area contributed by atoms with Crippen molar-refractivity contribution in [3.8, 4) is 0 Å². The van der Waals surface area contributed by atoms with Crippen LogP contribution in [0, 0.1) is 0 Å². The summed E-state index contributed by atoms with van der Waals surface area (Å²) in [6, 6.07) is 10.5. The Morgan fingerprint density at radius 3 is 2.67 bits per heavy atom. The number of hydrogen-bond acceptors (Lipinski definition) is 1. The van der Waals surface area contributed by atoms with E-state index in [-0.39, 0.29) is 0 Å². The first-order chi connectivity index (χ1) is 8.92. The van der Waals surface area contributed by atoms with Crippen LogP contribution in [-0.2, 0) is 11.2 Å². The quantitative estimate of drug-likeness (QED) is 0.757. The molecule has 0 saturated carbocycles.